The zero-order valence-electron chi connectivity index (χ0n) is 10.0. The highest BCUT2D eigenvalue weighted by Gasteiger charge is 2.15. The molecule has 0 amide bonds. The summed E-state index contributed by atoms with van der Waals surface area (Å²) < 4.78 is 5.03. The summed E-state index contributed by atoms with van der Waals surface area (Å²) in [7, 11) is 1.67. The number of aliphatic carboxylic acids is 1. The third kappa shape index (κ3) is 6.47. The fourth-order valence-electron chi connectivity index (χ4n) is 1.73. The zero-order valence-corrected chi connectivity index (χ0v) is 10.0. The van der Waals surface area contributed by atoms with E-state index in [1.54, 1.807) is 7.11 Å². The van der Waals surface area contributed by atoms with Gasteiger partial charge in [-0.05, 0) is 12.8 Å². The van der Waals surface area contributed by atoms with Crippen molar-refractivity contribution in [3.8, 4) is 0 Å². The third-order valence-corrected chi connectivity index (χ3v) is 2.65. The minimum Gasteiger partial charge on any atom is -0.481 e. The molecular formula is C11H23NO3. The van der Waals surface area contributed by atoms with Gasteiger partial charge in [0.1, 0.15) is 0 Å². The van der Waals surface area contributed by atoms with Gasteiger partial charge in [0.05, 0.1) is 13.0 Å². The van der Waals surface area contributed by atoms with Crippen molar-refractivity contribution >= 4 is 5.97 Å². The van der Waals surface area contributed by atoms with Gasteiger partial charge in [-0.1, -0.05) is 13.8 Å². The van der Waals surface area contributed by atoms with E-state index in [2.05, 4.69) is 18.7 Å². The summed E-state index contributed by atoms with van der Waals surface area (Å²) in [6, 6.07) is 0.472. The van der Waals surface area contributed by atoms with Crippen LogP contribution >= 0.6 is 0 Å². The number of carbonyl (C=O) groups is 1. The van der Waals surface area contributed by atoms with Crippen molar-refractivity contribution in [1.82, 2.24) is 4.90 Å². The van der Waals surface area contributed by atoms with Crippen LogP contribution in [0.1, 0.15) is 33.1 Å². The number of hydrogen-bond acceptors (Lipinski definition) is 3. The summed E-state index contributed by atoms with van der Waals surface area (Å²) >= 11 is 0. The molecule has 0 aliphatic heterocycles. The first-order chi connectivity index (χ1) is 7.15. The lowest BCUT2D eigenvalue weighted by Crippen LogP contribution is -2.38. The smallest absolute Gasteiger partial charge is 0.304 e. The Morgan fingerprint density at radius 1 is 1.33 bits per heavy atom. The summed E-state index contributed by atoms with van der Waals surface area (Å²) in [6.07, 6.45) is 2.32. The molecule has 0 aromatic heterocycles. The van der Waals surface area contributed by atoms with Crippen LogP contribution in [0.4, 0.5) is 0 Å². The number of rotatable bonds is 9. The van der Waals surface area contributed by atoms with Crippen LogP contribution in [0, 0.1) is 0 Å². The molecule has 0 bridgehead atoms. The standard InChI is InChI=1S/C11H23NO3/c1-4-10(5-2)12(8-9-15-3)7-6-11(13)14/h10H,4-9H2,1-3H3,(H,13,14). The highest BCUT2D eigenvalue weighted by Crippen LogP contribution is 2.08. The lowest BCUT2D eigenvalue weighted by atomic mass is 10.1. The number of hydrogen-bond donors (Lipinski definition) is 1. The summed E-state index contributed by atoms with van der Waals surface area (Å²) in [4.78, 5) is 12.7. The van der Waals surface area contributed by atoms with E-state index in [0.29, 0.717) is 19.2 Å². The lowest BCUT2D eigenvalue weighted by molar-refractivity contribution is -0.137. The van der Waals surface area contributed by atoms with Crippen molar-refractivity contribution < 1.29 is 14.6 Å². The Morgan fingerprint density at radius 3 is 2.33 bits per heavy atom. The number of methoxy groups -OCH3 is 1. The summed E-state index contributed by atoms with van der Waals surface area (Å²) in [5.41, 5.74) is 0. The van der Waals surface area contributed by atoms with E-state index in [1.165, 1.54) is 0 Å². The van der Waals surface area contributed by atoms with Crippen LogP contribution in [0.25, 0.3) is 0 Å². The number of carboxylic acids is 1. The van der Waals surface area contributed by atoms with Gasteiger partial charge in [-0.15, -0.1) is 0 Å². The van der Waals surface area contributed by atoms with Crippen LogP contribution in [0.5, 0.6) is 0 Å². The Kier molecular flexibility index (Phi) is 8.33. The molecule has 15 heavy (non-hydrogen) atoms. The molecule has 0 unspecified atom stereocenters. The molecule has 0 aliphatic carbocycles. The van der Waals surface area contributed by atoms with Crippen LogP contribution in [0.2, 0.25) is 0 Å². The molecule has 0 aliphatic rings. The maximum Gasteiger partial charge on any atom is 0.304 e. The maximum atomic E-state index is 10.5. The Bertz CT molecular complexity index is 169. The van der Waals surface area contributed by atoms with E-state index >= 15 is 0 Å². The van der Waals surface area contributed by atoms with Crippen molar-refractivity contribution in [3.63, 3.8) is 0 Å². The molecule has 0 rings (SSSR count). The van der Waals surface area contributed by atoms with Crippen LogP contribution in [-0.4, -0.2) is 48.8 Å². The van der Waals surface area contributed by atoms with Crippen molar-refractivity contribution in [3.05, 3.63) is 0 Å². The molecule has 0 fully saturated rings. The van der Waals surface area contributed by atoms with Crippen LogP contribution in [0.15, 0.2) is 0 Å². The highest BCUT2D eigenvalue weighted by atomic mass is 16.5. The van der Waals surface area contributed by atoms with Gasteiger partial charge in [-0.3, -0.25) is 9.69 Å². The van der Waals surface area contributed by atoms with Crippen molar-refractivity contribution in [1.29, 1.82) is 0 Å². The first kappa shape index (κ1) is 14.4. The molecule has 0 radical (unpaired) electrons. The summed E-state index contributed by atoms with van der Waals surface area (Å²) in [5, 5.41) is 8.66. The Hall–Kier alpha value is -0.610. The lowest BCUT2D eigenvalue weighted by Gasteiger charge is -2.29. The van der Waals surface area contributed by atoms with Gasteiger partial charge in [0, 0.05) is 26.2 Å². The van der Waals surface area contributed by atoms with Crippen molar-refractivity contribution in [2.45, 2.75) is 39.2 Å². The summed E-state index contributed by atoms with van der Waals surface area (Å²) in [5.74, 6) is -0.733. The Balaban J connectivity index is 4.08. The van der Waals surface area contributed by atoms with Gasteiger partial charge in [-0.2, -0.15) is 0 Å². The van der Waals surface area contributed by atoms with Gasteiger partial charge < -0.3 is 9.84 Å². The first-order valence-corrected chi connectivity index (χ1v) is 5.60. The normalized spacial score (nSPS) is 11.3. The fourth-order valence-corrected chi connectivity index (χ4v) is 1.73. The number of carboxylic acid groups (broad SMARTS) is 1. The van der Waals surface area contributed by atoms with E-state index < -0.39 is 5.97 Å². The number of nitrogens with zero attached hydrogens (tertiary/aromatic N) is 1. The van der Waals surface area contributed by atoms with Gasteiger partial charge in [0.25, 0.3) is 0 Å². The minimum atomic E-state index is -0.733. The van der Waals surface area contributed by atoms with E-state index in [4.69, 9.17) is 9.84 Å². The molecule has 90 valence electrons. The molecule has 0 aromatic rings. The van der Waals surface area contributed by atoms with E-state index in [1.807, 2.05) is 0 Å². The number of ether oxygens (including phenoxy) is 1. The SMILES string of the molecule is CCC(CC)N(CCOC)CCC(=O)O. The van der Waals surface area contributed by atoms with Crippen LogP contribution < -0.4 is 0 Å². The molecule has 0 spiro atoms. The molecule has 4 nitrogen and oxygen atoms in total. The van der Waals surface area contributed by atoms with Gasteiger partial charge in [0.15, 0.2) is 0 Å². The maximum absolute atomic E-state index is 10.5. The molecule has 1 N–H and O–H groups in total. The fraction of sp³-hybridized carbons (Fsp3) is 0.909. The van der Waals surface area contributed by atoms with Crippen LogP contribution in [0.3, 0.4) is 0 Å². The average molecular weight is 217 g/mol. The van der Waals surface area contributed by atoms with Crippen molar-refractivity contribution in [2.75, 3.05) is 26.8 Å². The van der Waals surface area contributed by atoms with Gasteiger partial charge in [-0.25, -0.2) is 0 Å². The molecule has 0 aromatic carbocycles. The first-order valence-electron chi connectivity index (χ1n) is 5.60. The average Bonchev–Trinajstić information content (AvgIpc) is 2.22. The second-order valence-corrected chi connectivity index (χ2v) is 3.64. The predicted octanol–water partition coefficient (Wildman–Crippen LogP) is 1.60. The molecule has 0 saturated heterocycles. The van der Waals surface area contributed by atoms with Gasteiger partial charge >= 0.3 is 5.97 Å². The van der Waals surface area contributed by atoms with Crippen LogP contribution in [-0.2, 0) is 9.53 Å². The largest absolute Gasteiger partial charge is 0.481 e. The monoisotopic (exact) mass is 217 g/mol. The molecule has 4 heteroatoms. The van der Waals surface area contributed by atoms with E-state index in [9.17, 15) is 4.79 Å². The molecule has 0 saturated carbocycles. The predicted molar refractivity (Wildman–Crippen MR) is 60.1 cm³/mol. The van der Waals surface area contributed by atoms with E-state index in [0.717, 1.165) is 19.4 Å². The third-order valence-electron chi connectivity index (χ3n) is 2.65. The Morgan fingerprint density at radius 2 is 1.93 bits per heavy atom. The van der Waals surface area contributed by atoms with Crippen molar-refractivity contribution in [2.24, 2.45) is 0 Å². The second-order valence-electron chi connectivity index (χ2n) is 3.64. The highest BCUT2D eigenvalue weighted by molar-refractivity contribution is 5.66. The van der Waals surface area contributed by atoms with Gasteiger partial charge in [0.2, 0.25) is 0 Å². The minimum absolute atomic E-state index is 0.209. The Labute approximate surface area is 92.2 Å². The topological polar surface area (TPSA) is 49.8 Å². The van der Waals surface area contributed by atoms with E-state index in [-0.39, 0.29) is 6.42 Å². The summed E-state index contributed by atoms with van der Waals surface area (Å²) in [6.45, 7) is 6.36. The molecular weight excluding hydrogens is 194 g/mol. The zero-order chi connectivity index (χ0) is 11.7. The second kappa shape index (κ2) is 8.68. The quantitative estimate of drug-likeness (QED) is 0.637. The molecule has 0 heterocycles. The molecule has 0 atom stereocenters.